The van der Waals surface area contributed by atoms with Crippen molar-refractivity contribution in [3.63, 3.8) is 0 Å². The molecule has 1 unspecified atom stereocenters. The molecule has 2 amide bonds. The third-order valence-corrected chi connectivity index (χ3v) is 6.84. The van der Waals surface area contributed by atoms with Crippen LogP contribution < -0.4 is 16.0 Å². The van der Waals surface area contributed by atoms with Gasteiger partial charge >= 0.3 is 0 Å². The molecule has 0 aliphatic carbocycles. The second kappa shape index (κ2) is 8.80. The van der Waals surface area contributed by atoms with Crippen molar-refractivity contribution in [3.05, 3.63) is 48.2 Å². The summed E-state index contributed by atoms with van der Waals surface area (Å²) in [4.78, 5) is 30.4. The molecule has 160 valence electrons. The quantitative estimate of drug-likeness (QED) is 0.710. The maximum absolute atomic E-state index is 12.6. The highest BCUT2D eigenvalue weighted by atomic mass is 32.2. The number of anilines is 2. The lowest BCUT2D eigenvalue weighted by atomic mass is 9.97. The van der Waals surface area contributed by atoms with Crippen LogP contribution in [-0.2, 0) is 14.8 Å². The minimum atomic E-state index is -3.63. The van der Waals surface area contributed by atoms with Crippen LogP contribution in [0.2, 0.25) is 0 Å². The van der Waals surface area contributed by atoms with Crippen LogP contribution in [0.4, 0.5) is 11.5 Å². The summed E-state index contributed by atoms with van der Waals surface area (Å²) in [5, 5.41) is 2.72. The number of aromatic nitrogens is 1. The molecule has 1 aliphatic rings. The maximum Gasteiger partial charge on any atom is 0.255 e. The summed E-state index contributed by atoms with van der Waals surface area (Å²) in [6, 6.07) is 9.34. The van der Waals surface area contributed by atoms with Crippen LogP contribution in [-0.4, -0.2) is 56.7 Å². The standard InChI is InChI=1S/C20H25N5O4S/c1-24(2)30(28,29)17-7-3-5-14(11-17)20(27)23-16-8-9-18(22-12-16)25-10-4-6-15(13-25)19(21)26/h3,5,7-9,11-12,15H,4,6,10,13H2,1-2H3,(H2,21,26)(H,23,27). The first-order valence-electron chi connectivity index (χ1n) is 9.53. The van der Waals surface area contributed by atoms with Crippen LogP contribution in [0.25, 0.3) is 0 Å². The zero-order chi connectivity index (χ0) is 21.9. The lowest BCUT2D eigenvalue weighted by Crippen LogP contribution is -2.41. The van der Waals surface area contributed by atoms with E-state index >= 15 is 0 Å². The maximum atomic E-state index is 12.6. The molecule has 3 N–H and O–H groups in total. The molecule has 10 heteroatoms. The fourth-order valence-electron chi connectivity index (χ4n) is 3.28. The van der Waals surface area contributed by atoms with Crippen molar-refractivity contribution >= 4 is 33.3 Å². The van der Waals surface area contributed by atoms with Gasteiger partial charge in [-0.3, -0.25) is 9.59 Å². The summed E-state index contributed by atoms with van der Waals surface area (Å²) in [6.45, 7) is 1.32. The summed E-state index contributed by atoms with van der Waals surface area (Å²) < 4.78 is 25.6. The molecule has 1 fully saturated rings. The van der Waals surface area contributed by atoms with E-state index in [4.69, 9.17) is 5.73 Å². The molecule has 2 aromatic rings. The van der Waals surface area contributed by atoms with Crippen LogP contribution in [0.1, 0.15) is 23.2 Å². The van der Waals surface area contributed by atoms with E-state index in [-0.39, 0.29) is 22.3 Å². The van der Waals surface area contributed by atoms with Gasteiger partial charge in [0, 0.05) is 32.7 Å². The van der Waals surface area contributed by atoms with Gasteiger partial charge < -0.3 is 16.0 Å². The number of nitrogens with one attached hydrogen (secondary N) is 1. The third-order valence-electron chi connectivity index (χ3n) is 5.03. The predicted molar refractivity (Wildman–Crippen MR) is 114 cm³/mol. The fourth-order valence-corrected chi connectivity index (χ4v) is 4.22. The number of pyridine rings is 1. The van der Waals surface area contributed by atoms with Crippen molar-refractivity contribution in [2.24, 2.45) is 11.7 Å². The Kier molecular flexibility index (Phi) is 6.37. The van der Waals surface area contributed by atoms with E-state index in [0.29, 0.717) is 18.1 Å². The number of carbonyl (C=O) groups is 2. The zero-order valence-electron chi connectivity index (χ0n) is 16.9. The van der Waals surface area contributed by atoms with Crippen molar-refractivity contribution in [3.8, 4) is 0 Å². The van der Waals surface area contributed by atoms with E-state index in [1.807, 2.05) is 4.90 Å². The van der Waals surface area contributed by atoms with Gasteiger partial charge in [0.25, 0.3) is 5.91 Å². The highest BCUT2D eigenvalue weighted by Crippen LogP contribution is 2.23. The molecule has 30 heavy (non-hydrogen) atoms. The van der Waals surface area contributed by atoms with Crippen LogP contribution in [0.3, 0.4) is 0 Å². The SMILES string of the molecule is CN(C)S(=O)(=O)c1cccc(C(=O)Nc2ccc(N3CCCC(C(N)=O)C3)nc2)c1. The second-order valence-corrected chi connectivity index (χ2v) is 9.51. The normalized spacial score (nSPS) is 17.0. The van der Waals surface area contributed by atoms with E-state index in [9.17, 15) is 18.0 Å². The molecule has 9 nitrogen and oxygen atoms in total. The predicted octanol–water partition coefficient (Wildman–Crippen LogP) is 1.29. The number of benzene rings is 1. The number of amides is 2. The van der Waals surface area contributed by atoms with Gasteiger partial charge in [0.2, 0.25) is 15.9 Å². The van der Waals surface area contributed by atoms with Crippen LogP contribution in [0, 0.1) is 5.92 Å². The smallest absolute Gasteiger partial charge is 0.255 e. The Bertz CT molecular complexity index is 1040. The van der Waals surface area contributed by atoms with E-state index < -0.39 is 15.9 Å². The Morgan fingerprint density at radius 1 is 1.23 bits per heavy atom. The molecule has 1 atom stereocenters. The minimum absolute atomic E-state index is 0.0442. The average Bonchev–Trinajstić information content (AvgIpc) is 2.74. The molecular weight excluding hydrogens is 406 g/mol. The Morgan fingerprint density at radius 2 is 2.00 bits per heavy atom. The largest absolute Gasteiger partial charge is 0.369 e. The second-order valence-electron chi connectivity index (χ2n) is 7.36. The number of sulfonamides is 1. The molecule has 3 rings (SSSR count). The number of hydrogen-bond acceptors (Lipinski definition) is 6. The topological polar surface area (TPSA) is 126 Å². The van der Waals surface area contributed by atoms with Gasteiger partial charge in [-0.1, -0.05) is 6.07 Å². The first-order valence-corrected chi connectivity index (χ1v) is 11.0. The van der Waals surface area contributed by atoms with Gasteiger partial charge in [0.1, 0.15) is 5.82 Å². The van der Waals surface area contributed by atoms with Gasteiger partial charge in [-0.05, 0) is 43.2 Å². The number of primary amides is 1. The van der Waals surface area contributed by atoms with E-state index in [0.717, 1.165) is 23.7 Å². The fraction of sp³-hybridized carbons (Fsp3) is 0.350. The van der Waals surface area contributed by atoms with Crippen molar-refractivity contribution in [2.75, 3.05) is 37.4 Å². The molecule has 0 spiro atoms. The van der Waals surface area contributed by atoms with Crippen molar-refractivity contribution in [1.29, 1.82) is 0 Å². The molecule has 1 aliphatic heterocycles. The number of piperidine rings is 1. The first kappa shape index (κ1) is 21.7. The van der Waals surface area contributed by atoms with Crippen molar-refractivity contribution < 1.29 is 18.0 Å². The van der Waals surface area contributed by atoms with Gasteiger partial charge in [0.15, 0.2) is 0 Å². The highest BCUT2D eigenvalue weighted by molar-refractivity contribution is 7.89. The summed E-state index contributed by atoms with van der Waals surface area (Å²) in [6.07, 6.45) is 3.17. The van der Waals surface area contributed by atoms with Gasteiger partial charge in [-0.15, -0.1) is 0 Å². The minimum Gasteiger partial charge on any atom is -0.369 e. The lowest BCUT2D eigenvalue weighted by Gasteiger charge is -2.32. The number of nitrogens with two attached hydrogens (primary N) is 1. The van der Waals surface area contributed by atoms with Crippen LogP contribution in [0.15, 0.2) is 47.5 Å². The van der Waals surface area contributed by atoms with Crippen LogP contribution >= 0.6 is 0 Å². The summed E-state index contributed by atoms with van der Waals surface area (Å²) in [5.74, 6) is -0.224. The van der Waals surface area contributed by atoms with E-state index in [2.05, 4.69) is 10.3 Å². The number of rotatable bonds is 6. The Hall–Kier alpha value is -2.98. The van der Waals surface area contributed by atoms with Gasteiger partial charge in [-0.25, -0.2) is 17.7 Å². The molecule has 0 radical (unpaired) electrons. The van der Waals surface area contributed by atoms with Crippen molar-refractivity contribution in [1.82, 2.24) is 9.29 Å². The molecular formula is C20H25N5O4S. The van der Waals surface area contributed by atoms with Crippen molar-refractivity contribution in [2.45, 2.75) is 17.7 Å². The van der Waals surface area contributed by atoms with Gasteiger partial charge in [0.05, 0.1) is 22.7 Å². The summed E-state index contributed by atoms with van der Waals surface area (Å²) in [5.41, 5.74) is 6.13. The van der Waals surface area contributed by atoms with Gasteiger partial charge in [-0.2, -0.15) is 0 Å². The molecule has 0 bridgehead atoms. The molecule has 1 aromatic heterocycles. The Morgan fingerprint density at radius 3 is 2.63 bits per heavy atom. The number of hydrogen-bond donors (Lipinski definition) is 2. The third kappa shape index (κ3) is 4.77. The molecule has 2 heterocycles. The number of nitrogens with zero attached hydrogens (tertiary/aromatic N) is 3. The molecule has 1 aromatic carbocycles. The molecule has 1 saturated heterocycles. The van der Waals surface area contributed by atoms with E-state index in [1.54, 1.807) is 18.2 Å². The Labute approximate surface area is 175 Å². The average molecular weight is 432 g/mol. The summed E-state index contributed by atoms with van der Waals surface area (Å²) >= 11 is 0. The van der Waals surface area contributed by atoms with Crippen LogP contribution in [0.5, 0.6) is 0 Å². The Balaban J connectivity index is 1.70. The summed E-state index contributed by atoms with van der Waals surface area (Å²) in [7, 11) is -0.764. The molecule has 0 saturated carbocycles. The van der Waals surface area contributed by atoms with E-state index in [1.165, 1.54) is 38.5 Å². The number of carbonyl (C=O) groups excluding carboxylic acids is 2. The zero-order valence-corrected chi connectivity index (χ0v) is 17.7. The highest BCUT2D eigenvalue weighted by Gasteiger charge is 2.24. The lowest BCUT2D eigenvalue weighted by molar-refractivity contribution is -0.122. The monoisotopic (exact) mass is 431 g/mol. The first-order chi connectivity index (χ1) is 14.2.